The molecule has 0 radical (unpaired) electrons. The molecule has 0 bridgehead atoms. The first kappa shape index (κ1) is 17.1. The van der Waals surface area contributed by atoms with Crippen molar-refractivity contribution in [1.29, 1.82) is 0 Å². The summed E-state index contributed by atoms with van der Waals surface area (Å²) in [6.07, 6.45) is 0. The summed E-state index contributed by atoms with van der Waals surface area (Å²) in [6.45, 7) is 6.50. The molecule has 0 aliphatic rings. The van der Waals surface area contributed by atoms with E-state index in [0.29, 0.717) is 0 Å². The van der Waals surface area contributed by atoms with E-state index >= 15 is 0 Å². The highest BCUT2D eigenvalue weighted by atomic mass is 16.4. The number of methoxy groups -OCH3 is 1. The smallest absolute Gasteiger partial charge is 0.0351 e. The lowest BCUT2D eigenvalue weighted by Gasteiger charge is -1.90. The van der Waals surface area contributed by atoms with Gasteiger partial charge in [-0.1, -0.05) is 20.8 Å². The van der Waals surface area contributed by atoms with Gasteiger partial charge in [0.2, 0.25) is 0 Å². The highest BCUT2D eigenvalue weighted by Gasteiger charge is 1.68. The molecule has 0 aromatic carbocycles. The Kier molecular flexibility index (Phi) is 25.7. The van der Waals surface area contributed by atoms with Gasteiger partial charge >= 0.3 is 0 Å². The van der Waals surface area contributed by atoms with Crippen LogP contribution in [0.1, 0.15) is 20.8 Å². The molecule has 0 saturated heterocycles. The highest BCUT2D eigenvalue weighted by molar-refractivity contribution is 4.20. The van der Waals surface area contributed by atoms with Crippen LogP contribution in [0.25, 0.3) is 0 Å². The minimum absolute atomic E-state index is 0.833. The summed E-state index contributed by atoms with van der Waals surface area (Å²) < 4.78 is 4.25. The quantitative estimate of drug-likeness (QED) is 0.542. The highest BCUT2D eigenvalue weighted by Crippen LogP contribution is 1.81. The molecule has 0 aromatic heterocycles. The minimum Gasteiger partial charge on any atom is -0.388 e. The molecule has 0 spiro atoms. The summed E-state index contributed by atoms with van der Waals surface area (Å²) in [4.78, 5) is 2.00. The van der Waals surface area contributed by atoms with Crippen LogP contribution >= 0.6 is 0 Å². The summed E-state index contributed by atoms with van der Waals surface area (Å²) in [6, 6.07) is 0. The van der Waals surface area contributed by atoms with Crippen LogP contribution in [0.4, 0.5) is 0 Å². The van der Waals surface area contributed by atoms with Crippen LogP contribution in [-0.4, -0.2) is 40.3 Å². The molecule has 2 nitrogen and oxygen atoms in total. The van der Waals surface area contributed by atoms with Crippen molar-refractivity contribution in [3.05, 3.63) is 0 Å². The lowest BCUT2D eigenvalue weighted by Crippen LogP contribution is -1.99. The van der Waals surface area contributed by atoms with Crippen molar-refractivity contribution in [2.75, 3.05) is 35.4 Å². The second-order valence-corrected chi connectivity index (χ2v) is 3.48. The van der Waals surface area contributed by atoms with Gasteiger partial charge in [0, 0.05) is 14.2 Å². The van der Waals surface area contributed by atoms with E-state index in [4.69, 9.17) is 0 Å². The number of hydrogen-bond donors (Lipinski definition) is 0. The lowest BCUT2D eigenvalue weighted by atomic mass is 10.3. The van der Waals surface area contributed by atoms with E-state index in [1.54, 1.807) is 14.2 Å². The molecule has 0 rings (SSSR count). The third-order valence-electron chi connectivity index (χ3n) is 0. The first-order valence-electron chi connectivity index (χ1n) is 3.89. The van der Waals surface area contributed by atoms with Gasteiger partial charge in [0.05, 0.1) is 0 Å². The van der Waals surface area contributed by atoms with Gasteiger partial charge in [0.1, 0.15) is 0 Å². The fourth-order valence-electron chi connectivity index (χ4n) is 0. The molecule has 0 saturated carbocycles. The molecule has 0 unspecified atom stereocenters. The Labute approximate surface area is 72.5 Å². The van der Waals surface area contributed by atoms with E-state index in [1.807, 2.05) is 26.0 Å². The van der Waals surface area contributed by atoms with E-state index in [2.05, 4.69) is 25.5 Å². The van der Waals surface area contributed by atoms with Crippen LogP contribution in [0.3, 0.4) is 0 Å². The van der Waals surface area contributed by atoms with E-state index in [1.165, 1.54) is 0 Å². The zero-order valence-corrected chi connectivity index (χ0v) is 9.43. The summed E-state index contributed by atoms with van der Waals surface area (Å²) in [5.74, 6) is 0.833. The van der Waals surface area contributed by atoms with Gasteiger partial charge < -0.3 is 9.64 Å². The molecular weight excluding hydrogens is 138 g/mol. The molecule has 2 heteroatoms. The Morgan fingerprint density at radius 1 is 0.909 bits per heavy atom. The standard InChI is InChI=1S/C4H10.C3H9N.C2H6O/c2*1-4(2)3;1-3-2/h4H,1-3H3;1-3H3;1-2H3. The van der Waals surface area contributed by atoms with Crippen molar-refractivity contribution in [1.82, 2.24) is 4.90 Å². The van der Waals surface area contributed by atoms with Crippen molar-refractivity contribution in [2.45, 2.75) is 20.8 Å². The molecular formula is C9H25NO. The van der Waals surface area contributed by atoms with Gasteiger partial charge in [-0.25, -0.2) is 0 Å². The van der Waals surface area contributed by atoms with Crippen LogP contribution < -0.4 is 0 Å². The third-order valence-corrected chi connectivity index (χ3v) is 0. The number of ether oxygens (including phenoxy) is 1. The van der Waals surface area contributed by atoms with Crippen molar-refractivity contribution in [3.8, 4) is 0 Å². The second kappa shape index (κ2) is 16.5. The number of nitrogens with zero attached hydrogens (tertiary/aromatic N) is 1. The van der Waals surface area contributed by atoms with Crippen LogP contribution in [0.2, 0.25) is 0 Å². The predicted molar refractivity (Wildman–Crippen MR) is 53.1 cm³/mol. The topological polar surface area (TPSA) is 12.5 Å². The zero-order valence-electron chi connectivity index (χ0n) is 9.43. The van der Waals surface area contributed by atoms with Crippen LogP contribution in [-0.2, 0) is 4.74 Å². The van der Waals surface area contributed by atoms with E-state index in [0.717, 1.165) is 5.92 Å². The first-order chi connectivity index (χ1) is 4.88. The average Bonchev–Trinajstić information content (AvgIpc) is 1.60. The molecule has 0 amide bonds. The molecule has 0 fully saturated rings. The SMILES string of the molecule is CC(C)C.CN(C)C.COC. The first-order valence-corrected chi connectivity index (χ1v) is 3.89. The van der Waals surface area contributed by atoms with Gasteiger partial charge in [-0.05, 0) is 27.1 Å². The van der Waals surface area contributed by atoms with Gasteiger partial charge in [0.25, 0.3) is 0 Å². The number of hydrogen-bond acceptors (Lipinski definition) is 2. The Bertz CT molecular complexity index is 33.3. The summed E-state index contributed by atoms with van der Waals surface area (Å²) >= 11 is 0. The Hall–Kier alpha value is -0.0800. The normalized spacial score (nSPS) is 8.18. The molecule has 72 valence electrons. The summed E-state index contributed by atoms with van der Waals surface area (Å²) in [5, 5.41) is 0. The Balaban J connectivity index is -0.0000000886. The zero-order chi connectivity index (χ0) is 9.86. The largest absolute Gasteiger partial charge is 0.388 e. The fraction of sp³-hybridized carbons (Fsp3) is 1.00. The average molecular weight is 163 g/mol. The van der Waals surface area contributed by atoms with Crippen LogP contribution in [0, 0.1) is 5.92 Å². The van der Waals surface area contributed by atoms with E-state index in [-0.39, 0.29) is 0 Å². The Morgan fingerprint density at radius 2 is 0.909 bits per heavy atom. The van der Waals surface area contributed by atoms with Gasteiger partial charge in [-0.15, -0.1) is 0 Å². The molecule has 0 heterocycles. The molecule has 0 aliphatic carbocycles. The van der Waals surface area contributed by atoms with Crippen molar-refractivity contribution in [3.63, 3.8) is 0 Å². The minimum atomic E-state index is 0.833. The predicted octanol–water partition coefficient (Wildman–Crippen LogP) is 2.10. The fourth-order valence-corrected chi connectivity index (χ4v) is 0. The van der Waals surface area contributed by atoms with Gasteiger partial charge in [-0.2, -0.15) is 0 Å². The van der Waals surface area contributed by atoms with Crippen LogP contribution in [0.5, 0.6) is 0 Å². The van der Waals surface area contributed by atoms with Gasteiger partial charge in [-0.3, -0.25) is 0 Å². The molecule has 0 aliphatic heterocycles. The Morgan fingerprint density at radius 3 is 0.909 bits per heavy atom. The molecule has 0 N–H and O–H groups in total. The van der Waals surface area contributed by atoms with Crippen molar-refractivity contribution >= 4 is 0 Å². The molecule has 0 aromatic rings. The van der Waals surface area contributed by atoms with Gasteiger partial charge in [0.15, 0.2) is 0 Å². The maximum absolute atomic E-state index is 4.25. The summed E-state index contributed by atoms with van der Waals surface area (Å²) in [5.41, 5.74) is 0. The van der Waals surface area contributed by atoms with E-state index < -0.39 is 0 Å². The van der Waals surface area contributed by atoms with Crippen LogP contribution in [0.15, 0.2) is 0 Å². The maximum atomic E-state index is 4.25. The van der Waals surface area contributed by atoms with Crippen molar-refractivity contribution in [2.24, 2.45) is 5.92 Å². The monoisotopic (exact) mass is 163 g/mol. The maximum Gasteiger partial charge on any atom is 0.0351 e. The van der Waals surface area contributed by atoms with Crippen molar-refractivity contribution < 1.29 is 4.74 Å². The molecule has 11 heavy (non-hydrogen) atoms. The summed E-state index contributed by atoms with van der Waals surface area (Å²) in [7, 11) is 9.25. The third kappa shape index (κ3) is 97200. The number of rotatable bonds is 0. The molecule has 0 atom stereocenters. The van der Waals surface area contributed by atoms with E-state index in [9.17, 15) is 0 Å². The second-order valence-electron chi connectivity index (χ2n) is 3.48. The lowest BCUT2D eigenvalue weighted by molar-refractivity contribution is 0.277.